The van der Waals surface area contributed by atoms with Crippen LogP contribution in [0, 0.1) is 13.8 Å². The van der Waals surface area contributed by atoms with E-state index in [0.717, 1.165) is 16.5 Å². The molecule has 1 heterocycles. The fourth-order valence-electron chi connectivity index (χ4n) is 1.96. The van der Waals surface area contributed by atoms with E-state index in [1.54, 1.807) is 11.0 Å². The summed E-state index contributed by atoms with van der Waals surface area (Å²) in [6, 6.07) is 5.80. The molecular formula is C14H15ClN2O. The summed E-state index contributed by atoms with van der Waals surface area (Å²) in [5, 5.41) is 0.457. The van der Waals surface area contributed by atoms with Gasteiger partial charge in [-0.1, -0.05) is 12.1 Å². The maximum Gasteiger partial charge on any atom is 0.256 e. The Bertz CT molecular complexity index is 635. The second-order valence-corrected chi connectivity index (χ2v) is 4.95. The van der Waals surface area contributed by atoms with Gasteiger partial charge in [-0.2, -0.15) is 0 Å². The lowest BCUT2D eigenvalue weighted by molar-refractivity contribution is 0.108. The van der Waals surface area contributed by atoms with Gasteiger partial charge in [-0.25, -0.2) is 4.98 Å². The van der Waals surface area contributed by atoms with Gasteiger partial charge in [0.2, 0.25) is 0 Å². The molecule has 0 aliphatic rings. The first-order valence-electron chi connectivity index (χ1n) is 5.70. The Hall–Kier alpha value is -1.61. The van der Waals surface area contributed by atoms with Gasteiger partial charge in [-0.3, -0.25) is 4.79 Å². The zero-order valence-corrected chi connectivity index (χ0v) is 11.7. The fraction of sp³-hybridized carbons (Fsp3) is 0.286. The molecule has 0 aliphatic heterocycles. The van der Waals surface area contributed by atoms with Crippen molar-refractivity contribution in [1.29, 1.82) is 0 Å². The average molecular weight is 263 g/mol. The Morgan fingerprint density at radius 2 is 1.94 bits per heavy atom. The zero-order valence-electron chi connectivity index (χ0n) is 10.9. The number of anilines is 1. The number of fused-ring (bicyclic) bond motifs is 1. The van der Waals surface area contributed by atoms with E-state index >= 15 is 0 Å². The third-order valence-corrected chi connectivity index (χ3v) is 3.33. The van der Waals surface area contributed by atoms with Crippen LogP contribution in [0.4, 0.5) is 5.82 Å². The normalized spacial score (nSPS) is 10.7. The number of aromatic nitrogens is 1. The van der Waals surface area contributed by atoms with Gasteiger partial charge in [-0.05, 0) is 42.6 Å². The molecule has 1 aromatic carbocycles. The monoisotopic (exact) mass is 262 g/mol. The van der Waals surface area contributed by atoms with Crippen molar-refractivity contribution in [2.45, 2.75) is 13.8 Å². The Morgan fingerprint density at radius 1 is 1.28 bits per heavy atom. The molecule has 94 valence electrons. The summed E-state index contributed by atoms with van der Waals surface area (Å²) in [6.07, 6.45) is 0. The topological polar surface area (TPSA) is 33.2 Å². The molecule has 0 amide bonds. The minimum Gasteiger partial charge on any atom is -0.362 e. The summed E-state index contributed by atoms with van der Waals surface area (Å²) in [4.78, 5) is 17.8. The summed E-state index contributed by atoms with van der Waals surface area (Å²) in [6.45, 7) is 4.08. The highest BCUT2D eigenvalue weighted by Gasteiger charge is 2.15. The molecule has 0 unspecified atom stereocenters. The van der Waals surface area contributed by atoms with Gasteiger partial charge >= 0.3 is 0 Å². The largest absolute Gasteiger partial charge is 0.362 e. The second kappa shape index (κ2) is 4.58. The molecule has 1 aromatic heterocycles. The van der Waals surface area contributed by atoms with Crippen LogP contribution in [-0.4, -0.2) is 24.3 Å². The van der Waals surface area contributed by atoms with Crippen LogP contribution in [0.25, 0.3) is 10.9 Å². The van der Waals surface area contributed by atoms with Gasteiger partial charge < -0.3 is 4.90 Å². The van der Waals surface area contributed by atoms with Crippen molar-refractivity contribution >= 4 is 33.6 Å². The predicted octanol–water partition coefficient (Wildman–Crippen LogP) is 3.30. The number of halogens is 1. The molecule has 0 aliphatic carbocycles. The number of aryl methyl sites for hydroxylation is 2. The van der Waals surface area contributed by atoms with E-state index in [2.05, 4.69) is 4.98 Å². The van der Waals surface area contributed by atoms with Crippen molar-refractivity contribution in [2.75, 3.05) is 19.0 Å². The number of benzene rings is 1. The van der Waals surface area contributed by atoms with Crippen LogP contribution >= 0.6 is 11.6 Å². The molecule has 0 bridgehead atoms. The van der Waals surface area contributed by atoms with E-state index in [9.17, 15) is 4.79 Å². The minimum absolute atomic E-state index is 0.442. The van der Waals surface area contributed by atoms with Crippen molar-refractivity contribution in [3.63, 3.8) is 0 Å². The molecule has 2 rings (SSSR count). The molecule has 2 aromatic rings. The first-order valence-corrected chi connectivity index (χ1v) is 6.07. The lowest BCUT2D eigenvalue weighted by Crippen LogP contribution is -2.14. The van der Waals surface area contributed by atoms with Gasteiger partial charge in [0.15, 0.2) is 0 Å². The molecule has 0 fully saturated rings. The van der Waals surface area contributed by atoms with E-state index in [0.29, 0.717) is 11.4 Å². The molecule has 3 nitrogen and oxygen atoms in total. The highest BCUT2D eigenvalue weighted by molar-refractivity contribution is 6.68. The van der Waals surface area contributed by atoms with E-state index in [-0.39, 0.29) is 0 Å². The molecule has 4 heteroatoms. The first kappa shape index (κ1) is 12.8. The van der Waals surface area contributed by atoms with E-state index < -0.39 is 5.24 Å². The number of hydrogen-bond donors (Lipinski definition) is 0. The van der Waals surface area contributed by atoms with Crippen LogP contribution in [0.5, 0.6) is 0 Å². The Morgan fingerprint density at radius 3 is 2.50 bits per heavy atom. The van der Waals surface area contributed by atoms with Crippen molar-refractivity contribution in [3.05, 3.63) is 34.9 Å². The van der Waals surface area contributed by atoms with E-state index in [4.69, 9.17) is 11.6 Å². The Labute approximate surface area is 111 Å². The second-order valence-electron chi connectivity index (χ2n) is 4.61. The van der Waals surface area contributed by atoms with Crippen LogP contribution in [-0.2, 0) is 0 Å². The molecule has 0 radical (unpaired) electrons. The van der Waals surface area contributed by atoms with Crippen LogP contribution in [0.15, 0.2) is 18.2 Å². The van der Waals surface area contributed by atoms with Crippen LogP contribution in [0.3, 0.4) is 0 Å². The third-order valence-electron chi connectivity index (χ3n) is 3.13. The quantitative estimate of drug-likeness (QED) is 0.779. The zero-order chi connectivity index (χ0) is 13.4. The maximum atomic E-state index is 11.5. The van der Waals surface area contributed by atoms with Gasteiger partial charge in [0, 0.05) is 19.5 Å². The van der Waals surface area contributed by atoms with E-state index in [1.165, 1.54) is 5.56 Å². The fourth-order valence-corrected chi connectivity index (χ4v) is 2.10. The van der Waals surface area contributed by atoms with Crippen molar-refractivity contribution < 1.29 is 4.79 Å². The van der Waals surface area contributed by atoms with Crippen molar-refractivity contribution in [3.8, 4) is 0 Å². The van der Waals surface area contributed by atoms with E-state index in [1.807, 2.05) is 40.1 Å². The first-order chi connectivity index (χ1) is 8.41. The molecule has 0 saturated carbocycles. The Kier molecular flexibility index (Phi) is 3.26. The van der Waals surface area contributed by atoms with Crippen LogP contribution in [0.1, 0.15) is 21.5 Å². The number of pyridine rings is 1. The number of rotatable bonds is 2. The SMILES string of the molecule is Cc1ccc2cc(C(=O)Cl)c(N(C)C)nc2c1C. The maximum absolute atomic E-state index is 11.5. The van der Waals surface area contributed by atoms with Crippen LogP contribution in [0.2, 0.25) is 0 Å². The van der Waals surface area contributed by atoms with Crippen LogP contribution < -0.4 is 4.90 Å². The van der Waals surface area contributed by atoms with Crippen molar-refractivity contribution in [2.24, 2.45) is 0 Å². The summed E-state index contributed by atoms with van der Waals surface area (Å²) in [7, 11) is 3.70. The summed E-state index contributed by atoms with van der Waals surface area (Å²) >= 11 is 5.62. The minimum atomic E-state index is -0.480. The standard InChI is InChI=1S/C14H15ClN2O/c1-8-5-6-10-7-11(13(15)18)14(17(3)4)16-12(10)9(8)2/h5-7H,1-4H3. The Balaban J connectivity index is 2.85. The van der Waals surface area contributed by atoms with Gasteiger partial charge in [0.05, 0.1) is 11.1 Å². The summed E-state index contributed by atoms with van der Waals surface area (Å²) < 4.78 is 0. The summed E-state index contributed by atoms with van der Waals surface area (Å²) in [5.41, 5.74) is 3.67. The lowest BCUT2D eigenvalue weighted by atomic mass is 10.0. The third kappa shape index (κ3) is 2.06. The number of carbonyl (C=O) groups is 1. The van der Waals surface area contributed by atoms with Gasteiger partial charge in [-0.15, -0.1) is 0 Å². The van der Waals surface area contributed by atoms with Gasteiger partial charge in [0.1, 0.15) is 5.82 Å². The van der Waals surface area contributed by atoms with Crippen molar-refractivity contribution in [1.82, 2.24) is 4.98 Å². The summed E-state index contributed by atoms with van der Waals surface area (Å²) in [5.74, 6) is 0.608. The average Bonchev–Trinajstić information content (AvgIpc) is 2.32. The molecule has 0 saturated heterocycles. The highest BCUT2D eigenvalue weighted by atomic mass is 35.5. The van der Waals surface area contributed by atoms with Gasteiger partial charge in [0.25, 0.3) is 5.24 Å². The molecule has 18 heavy (non-hydrogen) atoms. The number of nitrogens with zero attached hydrogens (tertiary/aromatic N) is 2. The molecular weight excluding hydrogens is 248 g/mol. The molecule has 0 N–H and O–H groups in total. The predicted molar refractivity (Wildman–Crippen MR) is 75.7 cm³/mol. The number of hydrogen-bond acceptors (Lipinski definition) is 3. The lowest BCUT2D eigenvalue weighted by Gasteiger charge is -2.16. The molecule has 0 atom stereocenters. The smallest absolute Gasteiger partial charge is 0.256 e. The highest BCUT2D eigenvalue weighted by Crippen LogP contribution is 2.27. The molecule has 0 spiro atoms. The number of carbonyl (C=O) groups excluding carboxylic acids is 1.